The number of nitrogens with one attached hydrogen (secondary N) is 2. The third-order valence-corrected chi connectivity index (χ3v) is 5.30. The van der Waals surface area contributed by atoms with Crippen LogP contribution in [0, 0.1) is 0 Å². The number of hydrogen-bond acceptors (Lipinski definition) is 5. The fourth-order valence-corrected chi connectivity index (χ4v) is 3.85. The van der Waals surface area contributed by atoms with Gasteiger partial charge in [0, 0.05) is 22.9 Å². The van der Waals surface area contributed by atoms with Crippen molar-refractivity contribution in [3.8, 4) is 5.75 Å². The summed E-state index contributed by atoms with van der Waals surface area (Å²) >= 11 is 5.92. The summed E-state index contributed by atoms with van der Waals surface area (Å²) in [4.78, 5) is 2.13. The molecule has 8 heteroatoms. The summed E-state index contributed by atoms with van der Waals surface area (Å²) in [5.74, 6) is 0.237. The Kier molecular flexibility index (Phi) is 7.14. The molecule has 2 aromatic carbocycles. The Morgan fingerprint density at radius 3 is 2.35 bits per heavy atom. The van der Waals surface area contributed by atoms with Crippen LogP contribution in [0.1, 0.15) is 6.42 Å². The minimum absolute atomic E-state index is 0.00149. The van der Waals surface area contributed by atoms with E-state index in [-0.39, 0.29) is 10.6 Å². The van der Waals surface area contributed by atoms with Crippen LogP contribution in [-0.4, -0.2) is 47.6 Å². The number of methoxy groups -OCH3 is 1. The SMILES string of the molecule is COc1ccc(Cl)cc1S(=O)(=O)Nc1ccc(NCCCN(C)C)cc1. The Morgan fingerprint density at radius 1 is 1.08 bits per heavy atom. The summed E-state index contributed by atoms with van der Waals surface area (Å²) in [6.07, 6.45) is 1.02. The molecule has 2 aromatic rings. The molecule has 0 aromatic heterocycles. The standard InChI is InChI=1S/C18H24ClN3O3S/c1-22(2)12-4-11-20-15-6-8-16(9-7-15)21-26(23,24)18-13-14(19)5-10-17(18)25-3/h5-10,13,20-21H,4,11-12H2,1-3H3. The first-order chi connectivity index (χ1) is 12.3. The monoisotopic (exact) mass is 397 g/mol. The van der Waals surface area contributed by atoms with Gasteiger partial charge in [-0.3, -0.25) is 4.72 Å². The van der Waals surface area contributed by atoms with Crippen molar-refractivity contribution in [1.29, 1.82) is 0 Å². The van der Waals surface area contributed by atoms with E-state index in [4.69, 9.17) is 16.3 Å². The predicted molar refractivity (Wildman–Crippen MR) is 107 cm³/mol. The molecular weight excluding hydrogens is 374 g/mol. The summed E-state index contributed by atoms with van der Waals surface area (Å²) in [5, 5.41) is 3.63. The van der Waals surface area contributed by atoms with Gasteiger partial charge in [0.05, 0.1) is 7.11 Å². The Morgan fingerprint density at radius 2 is 1.73 bits per heavy atom. The molecule has 0 bridgehead atoms. The second-order valence-electron chi connectivity index (χ2n) is 6.06. The van der Waals surface area contributed by atoms with E-state index < -0.39 is 10.0 Å². The van der Waals surface area contributed by atoms with Gasteiger partial charge < -0.3 is 15.0 Å². The maximum atomic E-state index is 12.6. The van der Waals surface area contributed by atoms with Crippen molar-refractivity contribution in [3.05, 3.63) is 47.5 Å². The van der Waals surface area contributed by atoms with Crippen LogP contribution in [0.2, 0.25) is 5.02 Å². The molecule has 0 aliphatic heterocycles. The normalized spacial score (nSPS) is 11.4. The molecule has 0 saturated carbocycles. The van der Waals surface area contributed by atoms with Crippen molar-refractivity contribution >= 4 is 33.0 Å². The van der Waals surface area contributed by atoms with Gasteiger partial charge in [-0.1, -0.05) is 11.6 Å². The quantitative estimate of drug-likeness (QED) is 0.633. The van der Waals surface area contributed by atoms with Gasteiger partial charge in [-0.25, -0.2) is 8.42 Å². The van der Waals surface area contributed by atoms with E-state index in [1.54, 1.807) is 18.2 Å². The average molecular weight is 398 g/mol. The molecule has 2 rings (SSSR count). The third-order valence-electron chi connectivity index (χ3n) is 3.66. The van der Waals surface area contributed by atoms with E-state index in [0.29, 0.717) is 10.7 Å². The first-order valence-corrected chi connectivity index (χ1v) is 10.0. The zero-order valence-corrected chi connectivity index (χ0v) is 16.7. The van der Waals surface area contributed by atoms with Gasteiger partial charge in [0.15, 0.2) is 0 Å². The lowest BCUT2D eigenvalue weighted by atomic mass is 10.3. The van der Waals surface area contributed by atoms with Crippen LogP contribution in [0.3, 0.4) is 0 Å². The maximum Gasteiger partial charge on any atom is 0.265 e. The van der Waals surface area contributed by atoms with Gasteiger partial charge in [0.1, 0.15) is 10.6 Å². The molecule has 2 N–H and O–H groups in total. The third kappa shape index (κ3) is 5.79. The van der Waals surface area contributed by atoms with Crippen molar-refractivity contribution in [2.24, 2.45) is 0 Å². The second kappa shape index (κ2) is 9.12. The molecule has 142 valence electrons. The van der Waals surface area contributed by atoms with Crippen LogP contribution in [0.5, 0.6) is 5.75 Å². The number of halogens is 1. The highest BCUT2D eigenvalue weighted by atomic mass is 35.5. The molecule has 26 heavy (non-hydrogen) atoms. The zero-order valence-electron chi connectivity index (χ0n) is 15.1. The summed E-state index contributed by atoms with van der Waals surface area (Å²) in [6, 6.07) is 11.6. The largest absolute Gasteiger partial charge is 0.495 e. The minimum Gasteiger partial charge on any atom is -0.495 e. The summed E-state index contributed by atoms with van der Waals surface area (Å²) in [5.41, 5.74) is 1.40. The van der Waals surface area contributed by atoms with Crippen molar-refractivity contribution in [2.75, 3.05) is 44.3 Å². The second-order valence-corrected chi connectivity index (χ2v) is 8.15. The van der Waals surface area contributed by atoms with Crippen LogP contribution < -0.4 is 14.8 Å². The Balaban J connectivity index is 2.05. The average Bonchev–Trinajstić information content (AvgIpc) is 2.59. The highest BCUT2D eigenvalue weighted by Gasteiger charge is 2.20. The number of sulfonamides is 1. The Labute approximate surface area is 160 Å². The lowest BCUT2D eigenvalue weighted by Gasteiger charge is -2.13. The topological polar surface area (TPSA) is 70.7 Å². The van der Waals surface area contributed by atoms with Gasteiger partial charge in [-0.05, 0) is 69.5 Å². The van der Waals surface area contributed by atoms with Crippen LogP contribution >= 0.6 is 11.6 Å². The zero-order chi connectivity index (χ0) is 19.2. The van der Waals surface area contributed by atoms with Gasteiger partial charge in [-0.15, -0.1) is 0 Å². The van der Waals surface area contributed by atoms with E-state index in [1.165, 1.54) is 19.2 Å². The number of rotatable bonds is 9. The van der Waals surface area contributed by atoms with Gasteiger partial charge in [-0.2, -0.15) is 0 Å². The molecule has 0 unspecified atom stereocenters. The molecule has 6 nitrogen and oxygen atoms in total. The first-order valence-electron chi connectivity index (χ1n) is 8.17. The summed E-state index contributed by atoms with van der Waals surface area (Å²) < 4.78 is 32.9. The molecule has 0 heterocycles. The fraction of sp³-hybridized carbons (Fsp3) is 0.333. The van der Waals surface area contributed by atoms with Crippen molar-refractivity contribution < 1.29 is 13.2 Å². The number of benzene rings is 2. The van der Waals surface area contributed by atoms with Crippen LogP contribution in [0.25, 0.3) is 0 Å². The highest BCUT2D eigenvalue weighted by molar-refractivity contribution is 7.92. The van der Waals surface area contributed by atoms with E-state index in [1.807, 2.05) is 26.2 Å². The highest BCUT2D eigenvalue weighted by Crippen LogP contribution is 2.29. The number of ether oxygens (including phenoxy) is 1. The number of hydrogen-bond donors (Lipinski definition) is 2. The lowest BCUT2D eigenvalue weighted by molar-refractivity contribution is 0.403. The number of nitrogens with zero attached hydrogens (tertiary/aromatic N) is 1. The van der Waals surface area contributed by atoms with Crippen LogP contribution in [-0.2, 0) is 10.0 Å². The van der Waals surface area contributed by atoms with Gasteiger partial charge in [0.2, 0.25) is 0 Å². The van der Waals surface area contributed by atoms with Crippen LogP contribution in [0.4, 0.5) is 11.4 Å². The lowest BCUT2D eigenvalue weighted by Crippen LogP contribution is -2.16. The molecule has 0 aliphatic rings. The van der Waals surface area contributed by atoms with Crippen molar-refractivity contribution in [3.63, 3.8) is 0 Å². The molecule has 0 spiro atoms. The molecule has 0 fully saturated rings. The van der Waals surface area contributed by atoms with Crippen molar-refractivity contribution in [2.45, 2.75) is 11.3 Å². The molecule has 0 saturated heterocycles. The van der Waals surface area contributed by atoms with Crippen LogP contribution in [0.15, 0.2) is 47.4 Å². The predicted octanol–water partition coefficient (Wildman–Crippen LogP) is 3.51. The smallest absolute Gasteiger partial charge is 0.265 e. The Hall–Kier alpha value is -1.96. The minimum atomic E-state index is -3.81. The summed E-state index contributed by atoms with van der Waals surface area (Å²) in [7, 11) is 1.68. The molecule has 0 amide bonds. The van der Waals surface area contributed by atoms with E-state index >= 15 is 0 Å². The summed E-state index contributed by atoms with van der Waals surface area (Å²) in [6.45, 7) is 1.86. The van der Waals surface area contributed by atoms with Crippen molar-refractivity contribution in [1.82, 2.24) is 4.90 Å². The molecule has 0 aliphatic carbocycles. The van der Waals surface area contributed by atoms with E-state index in [9.17, 15) is 8.42 Å². The number of anilines is 2. The molecular formula is C18H24ClN3O3S. The molecule has 0 radical (unpaired) electrons. The maximum absolute atomic E-state index is 12.6. The Bertz CT molecular complexity index is 824. The first kappa shape index (κ1) is 20.4. The van der Waals surface area contributed by atoms with E-state index in [2.05, 4.69) is 14.9 Å². The molecule has 0 atom stereocenters. The van der Waals surface area contributed by atoms with E-state index in [0.717, 1.165) is 25.2 Å². The fourth-order valence-electron chi connectivity index (χ4n) is 2.35. The van der Waals surface area contributed by atoms with Gasteiger partial charge in [0.25, 0.3) is 10.0 Å². The van der Waals surface area contributed by atoms with Gasteiger partial charge >= 0.3 is 0 Å².